The van der Waals surface area contributed by atoms with E-state index in [1.165, 1.54) is 13.3 Å². The van der Waals surface area contributed by atoms with Crippen LogP contribution in [0.4, 0.5) is 11.4 Å². The third-order valence-corrected chi connectivity index (χ3v) is 3.34. The molecule has 0 saturated heterocycles. The summed E-state index contributed by atoms with van der Waals surface area (Å²) in [4.78, 5) is 16.3. The zero-order valence-corrected chi connectivity index (χ0v) is 13.7. The monoisotopic (exact) mass is 335 g/mol. The highest BCUT2D eigenvalue weighted by Crippen LogP contribution is 2.27. The van der Waals surface area contributed by atoms with E-state index in [2.05, 4.69) is 15.6 Å². The minimum atomic E-state index is -0.269. The Balaban J connectivity index is 2.05. The van der Waals surface area contributed by atoms with Gasteiger partial charge < -0.3 is 20.1 Å². The lowest BCUT2D eigenvalue weighted by atomic mass is 10.2. The Morgan fingerprint density at radius 3 is 2.74 bits per heavy atom. The molecule has 2 rings (SSSR count). The van der Waals surface area contributed by atoms with Crippen molar-refractivity contribution in [3.05, 3.63) is 47.2 Å². The Labute approximate surface area is 139 Å². The molecule has 2 N–H and O–H groups in total. The first kappa shape index (κ1) is 17.1. The van der Waals surface area contributed by atoms with E-state index in [0.717, 1.165) is 5.69 Å². The third kappa shape index (κ3) is 4.84. The van der Waals surface area contributed by atoms with Crippen molar-refractivity contribution in [2.75, 3.05) is 38.0 Å². The van der Waals surface area contributed by atoms with E-state index >= 15 is 0 Å². The molecule has 2 aromatic rings. The van der Waals surface area contributed by atoms with Crippen LogP contribution in [0.15, 0.2) is 36.7 Å². The summed E-state index contributed by atoms with van der Waals surface area (Å²) in [6.07, 6.45) is 3.15. The highest BCUT2D eigenvalue weighted by atomic mass is 35.5. The number of carbonyl (C=O) groups is 1. The zero-order valence-electron chi connectivity index (χ0n) is 12.9. The van der Waals surface area contributed by atoms with Crippen LogP contribution in [-0.2, 0) is 4.74 Å². The minimum absolute atomic E-state index is 0.269. The number of ether oxygens (including phenoxy) is 2. The molecule has 0 atom stereocenters. The predicted octanol–water partition coefficient (Wildman–Crippen LogP) is 3.05. The third-order valence-electron chi connectivity index (χ3n) is 3.05. The van der Waals surface area contributed by atoms with Gasteiger partial charge in [0.25, 0.3) is 5.91 Å². The van der Waals surface area contributed by atoms with Crippen LogP contribution in [0.25, 0.3) is 0 Å². The Kier molecular flexibility index (Phi) is 6.19. The van der Waals surface area contributed by atoms with Gasteiger partial charge in [0.1, 0.15) is 5.75 Å². The number of hydrogen-bond acceptors (Lipinski definition) is 5. The molecular formula is C16H18ClN3O3. The highest BCUT2D eigenvalue weighted by Gasteiger charge is 2.09. The molecule has 1 aromatic carbocycles. The number of rotatable bonds is 7. The molecule has 122 valence electrons. The highest BCUT2D eigenvalue weighted by molar-refractivity contribution is 6.32. The van der Waals surface area contributed by atoms with Gasteiger partial charge in [-0.3, -0.25) is 9.78 Å². The molecule has 0 spiro atoms. The van der Waals surface area contributed by atoms with Crippen LogP contribution < -0.4 is 15.4 Å². The second kappa shape index (κ2) is 8.36. The van der Waals surface area contributed by atoms with Crippen LogP contribution in [0.3, 0.4) is 0 Å². The Hall–Kier alpha value is -2.31. The van der Waals surface area contributed by atoms with Gasteiger partial charge in [-0.2, -0.15) is 0 Å². The van der Waals surface area contributed by atoms with E-state index < -0.39 is 0 Å². The first-order valence-corrected chi connectivity index (χ1v) is 7.34. The number of anilines is 2. The van der Waals surface area contributed by atoms with Gasteiger partial charge in [0.05, 0.1) is 30.0 Å². The molecule has 0 radical (unpaired) electrons. The second-order valence-electron chi connectivity index (χ2n) is 4.69. The summed E-state index contributed by atoms with van der Waals surface area (Å²) in [5.74, 6) is 0.282. The molecule has 0 fully saturated rings. The number of amides is 1. The summed E-state index contributed by atoms with van der Waals surface area (Å²) in [6.45, 7) is 1.21. The molecule has 1 heterocycles. The molecule has 7 heteroatoms. The summed E-state index contributed by atoms with van der Waals surface area (Å²) >= 11 is 6.04. The van der Waals surface area contributed by atoms with E-state index in [4.69, 9.17) is 21.1 Å². The van der Waals surface area contributed by atoms with Gasteiger partial charge in [-0.15, -0.1) is 0 Å². The lowest BCUT2D eigenvalue weighted by Crippen LogP contribution is -2.13. The van der Waals surface area contributed by atoms with E-state index in [-0.39, 0.29) is 5.91 Å². The molecule has 0 saturated carbocycles. The number of pyridine rings is 1. The normalized spacial score (nSPS) is 10.2. The SMILES string of the molecule is COCCNc1cncc(C(=O)Nc2ccc(OC)c(Cl)c2)c1. The summed E-state index contributed by atoms with van der Waals surface area (Å²) in [6, 6.07) is 6.77. The summed E-state index contributed by atoms with van der Waals surface area (Å²) in [5.41, 5.74) is 1.78. The van der Waals surface area contributed by atoms with Crippen molar-refractivity contribution in [2.45, 2.75) is 0 Å². The molecule has 0 aliphatic heterocycles. The van der Waals surface area contributed by atoms with Gasteiger partial charge in [-0.05, 0) is 24.3 Å². The molecule has 1 aromatic heterocycles. The number of halogens is 1. The van der Waals surface area contributed by atoms with Gasteiger partial charge in [-0.1, -0.05) is 11.6 Å². The smallest absolute Gasteiger partial charge is 0.257 e. The van der Waals surface area contributed by atoms with Gasteiger partial charge in [0.2, 0.25) is 0 Å². The van der Waals surface area contributed by atoms with Crippen LogP contribution in [-0.4, -0.2) is 38.3 Å². The van der Waals surface area contributed by atoms with Crippen molar-refractivity contribution in [3.63, 3.8) is 0 Å². The summed E-state index contributed by atoms with van der Waals surface area (Å²) in [5, 5.41) is 6.33. The first-order chi connectivity index (χ1) is 11.1. The summed E-state index contributed by atoms with van der Waals surface area (Å²) < 4.78 is 10.0. The number of methoxy groups -OCH3 is 2. The Morgan fingerprint density at radius 2 is 2.04 bits per heavy atom. The molecule has 0 aliphatic carbocycles. The van der Waals surface area contributed by atoms with Gasteiger partial charge in [0, 0.05) is 31.7 Å². The maximum absolute atomic E-state index is 12.3. The fourth-order valence-corrected chi connectivity index (χ4v) is 2.16. The minimum Gasteiger partial charge on any atom is -0.495 e. The molecule has 6 nitrogen and oxygen atoms in total. The van der Waals surface area contributed by atoms with Crippen molar-refractivity contribution in [1.29, 1.82) is 0 Å². The molecule has 0 bridgehead atoms. The Morgan fingerprint density at radius 1 is 1.22 bits per heavy atom. The van der Waals surface area contributed by atoms with Gasteiger partial charge in [0.15, 0.2) is 0 Å². The van der Waals surface area contributed by atoms with Crippen LogP contribution in [0, 0.1) is 0 Å². The van der Waals surface area contributed by atoms with Crippen molar-refractivity contribution >= 4 is 28.9 Å². The number of benzene rings is 1. The summed E-state index contributed by atoms with van der Waals surface area (Å²) in [7, 11) is 3.16. The average Bonchev–Trinajstić information content (AvgIpc) is 2.55. The van der Waals surface area contributed by atoms with Crippen molar-refractivity contribution in [2.24, 2.45) is 0 Å². The quantitative estimate of drug-likeness (QED) is 0.761. The fourth-order valence-electron chi connectivity index (χ4n) is 1.91. The van der Waals surface area contributed by atoms with E-state index in [1.54, 1.807) is 37.6 Å². The molecule has 23 heavy (non-hydrogen) atoms. The maximum atomic E-state index is 12.3. The Bertz CT molecular complexity index is 679. The number of nitrogens with zero attached hydrogens (tertiary/aromatic N) is 1. The van der Waals surface area contributed by atoms with Crippen LogP contribution in [0.1, 0.15) is 10.4 Å². The average molecular weight is 336 g/mol. The maximum Gasteiger partial charge on any atom is 0.257 e. The van der Waals surface area contributed by atoms with E-state index in [9.17, 15) is 4.79 Å². The second-order valence-corrected chi connectivity index (χ2v) is 5.09. The van der Waals surface area contributed by atoms with E-state index in [0.29, 0.717) is 35.2 Å². The molecule has 0 aliphatic rings. The van der Waals surface area contributed by atoms with Crippen molar-refractivity contribution in [3.8, 4) is 5.75 Å². The largest absolute Gasteiger partial charge is 0.495 e. The predicted molar refractivity (Wildman–Crippen MR) is 90.6 cm³/mol. The topological polar surface area (TPSA) is 72.5 Å². The lowest BCUT2D eigenvalue weighted by Gasteiger charge is -2.09. The van der Waals surface area contributed by atoms with Crippen LogP contribution >= 0.6 is 11.6 Å². The number of aromatic nitrogens is 1. The van der Waals surface area contributed by atoms with Crippen molar-refractivity contribution in [1.82, 2.24) is 4.98 Å². The first-order valence-electron chi connectivity index (χ1n) is 6.97. The molecular weight excluding hydrogens is 318 g/mol. The van der Waals surface area contributed by atoms with Crippen molar-refractivity contribution < 1.29 is 14.3 Å². The zero-order chi connectivity index (χ0) is 16.7. The van der Waals surface area contributed by atoms with E-state index in [1.807, 2.05) is 0 Å². The van der Waals surface area contributed by atoms with Gasteiger partial charge in [-0.25, -0.2) is 0 Å². The number of carbonyl (C=O) groups excluding carboxylic acids is 1. The van der Waals surface area contributed by atoms with Gasteiger partial charge >= 0.3 is 0 Å². The standard InChI is InChI=1S/C16H18ClN3O3/c1-22-6-5-19-13-7-11(9-18-10-13)16(21)20-12-3-4-15(23-2)14(17)8-12/h3-4,7-10,19H,5-6H2,1-2H3,(H,20,21). The molecule has 1 amide bonds. The van der Waals surface area contributed by atoms with Crippen LogP contribution in [0.2, 0.25) is 5.02 Å². The fraction of sp³-hybridized carbons (Fsp3) is 0.250. The van der Waals surface area contributed by atoms with Crippen LogP contribution in [0.5, 0.6) is 5.75 Å². The number of nitrogens with one attached hydrogen (secondary N) is 2. The number of hydrogen-bond donors (Lipinski definition) is 2. The lowest BCUT2D eigenvalue weighted by molar-refractivity contribution is 0.102. The molecule has 0 unspecified atom stereocenters.